The molecule has 2 aliphatic heterocycles. The van der Waals surface area contributed by atoms with Gasteiger partial charge in [-0.3, -0.25) is 9.59 Å². The van der Waals surface area contributed by atoms with Crippen LogP contribution in [-0.4, -0.2) is 120 Å². The number of amides is 4. The number of nitrogens with zero attached hydrogens (tertiary/aromatic N) is 4. The largest absolute Gasteiger partial charge is 0.453 e. The fourth-order valence-corrected chi connectivity index (χ4v) is 7.31. The van der Waals surface area contributed by atoms with E-state index in [0.29, 0.717) is 24.7 Å². The number of rotatable bonds is 12. The number of likely N-dealkylation sites (tertiary alicyclic amines) is 2. The lowest BCUT2D eigenvalue weighted by Gasteiger charge is -2.30. The Hall–Kier alpha value is -6.18. The SMILES string of the molecule is COC(=O)NC(C(=O)N1CCCC1c1ncc(-c2ccc(C#Cc3ccc(-c4cnc(C5CCCN5C(=O)C(NC(=O)OC)C(C)OC)[nH]4)cc3)cc2)[nH]1)C(C)OC. The van der Waals surface area contributed by atoms with Crippen LogP contribution in [0.25, 0.3) is 22.5 Å². The van der Waals surface area contributed by atoms with Crippen LogP contribution < -0.4 is 10.6 Å². The molecule has 0 radical (unpaired) electrons. The predicted molar refractivity (Wildman–Crippen MR) is 213 cm³/mol. The lowest BCUT2D eigenvalue weighted by atomic mass is 10.1. The molecule has 6 unspecified atom stereocenters. The highest BCUT2D eigenvalue weighted by Crippen LogP contribution is 2.34. The zero-order valence-corrected chi connectivity index (χ0v) is 33.5. The molecule has 0 bridgehead atoms. The molecule has 58 heavy (non-hydrogen) atoms. The fourth-order valence-electron chi connectivity index (χ4n) is 7.31. The van der Waals surface area contributed by atoms with Crippen LogP contribution in [0.2, 0.25) is 0 Å². The number of benzene rings is 2. The maximum Gasteiger partial charge on any atom is 0.407 e. The van der Waals surface area contributed by atoms with Gasteiger partial charge in [0.25, 0.3) is 0 Å². The first-order valence-corrected chi connectivity index (χ1v) is 19.2. The van der Waals surface area contributed by atoms with Crippen LogP contribution in [0.1, 0.15) is 74.4 Å². The molecule has 306 valence electrons. The molecule has 16 heteroatoms. The molecule has 4 amide bonds. The Morgan fingerprint density at radius 1 is 0.655 bits per heavy atom. The van der Waals surface area contributed by atoms with Crippen molar-refractivity contribution in [2.75, 3.05) is 41.5 Å². The van der Waals surface area contributed by atoms with Gasteiger partial charge in [0.15, 0.2) is 0 Å². The molecular weight excluding hydrogens is 745 g/mol. The third kappa shape index (κ3) is 9.33. The monoisotopic (exact) mass is 794 g/mol. The van der Waals surface area contributed by atoms with E-state index in [9.17, 15) is 19.2 Å². The molecule has 4 aromatic rings. The molecule has 4 heterocycles. The lowest BCUT2D eigenvalue weighted by Crippen LogP contribution is -2.54. The van der Waals surface area contributed by atoms with Gasteiger partial charge >= 0.3 is 12.2 Å². The second-order valence-electron chi connectivity index (χ2n) is 14.3. The summed E-state index contributed by atoms with van der Waals surface area (Å²) in [7, 11) is 5.49. The zero-order valence-electron chi connectivity index (χ0n) is 33.5. The number of imidazole rings is 2. The van der Waals surface area contributed by atoms with Crippen LogP contribution in [0.5, 0.6) is 0 Å². The fraction of sp³-hybridized carbons (Fsp3) is 0.429. The second kappa shape index (κ2) is 18.8. The minimum Gasteiger partial charge on any atom is -0.453 e. The van der Waals surface area contributed by atoms with Gasteiger partial charge in [-0.1, -0.05) is 36.1 Å². The van der Waals surface area contributed by atoms with E-state index in [1.165, 1.54) is 28.4 Å². The van der Waals surface area contributed by atoms with Crippen LogP contribution in [0.15, 0.2) is 60.9 Å². The molecule has 6 atom stereocenters. The average molecular weight is 795 g/mol. The Morgan fingerprint density at radius 2 is 1.03 bits per heavy atom. The number of hydrogen-bond donors (Lipinski definition) is 4. The first kappa shape index (κ1) is 41.5. The minimum absolute atomic E-state index is 0.256. The standard InChI is InChI=1S/C42H50N8O8/c1-25(55-3)35(47-41(53)57-5)39(51)49-21-7-9-33(49)37-43-23-31(45-37)29-17-13-27(14-18-29)11-12-28-15-19-30(20-16-28)32-24-44-38(46-32)34-10-8-22-50(34)40(52)36(26(2)56-4)48-42(54)58-6/h13-20,23-26,33-36H,7-10,21-22H2,1-6H3,(H,43,45)(H,44,46)(H,47,53)(H,48,54). The highest BCUT2D eigenvalue weighted by Gasteiger charge is 2.40. The van der Waals surface area contributed by atoms with Crippen LogP contribution in [0.4, 0.5) is 9.59 Å². The van der Waals surface area contributed by atoms with Crippen LogP contribution >= 0.6 is 0 Å². The molecule has 2 aliphatic rings. The molecular formula is C42H50N8O8. The molecule has 16 nitrogen and oxygen atoms in total. The molecule has 0 saturated carbocycles. The Kier molecular flexibility index (Phi) is 13.5. The van der Waals surface area contributed by atoms with Crippen molar-refractivity contribution in [3.05, 3.63) is 83.7 Å². The van der Waals surface area contributed by atoms with Crippen molar-refractivity contribution in [1.82, 2.24) is 40.4 Å². The number of hydrogen-bond acceptors (Lipinski definition) is 10. The summed E-state index contributed by atoms with van der Waals surface area (Å²) < 4.78 is 20.2. The molecule has 2 aromatic heterocycles. The van der Waals surface area contributed by atoms with Crippen molar-refractivity contribution in [1.29, 1.82) is 0 Å². The van der Waals surface area contributed by atoms with E-state index in [2.05, 4.69) is 42.4 Å². The molecule has 2 fully saturated rings. The van der Waals surface area contributed by atoms with Gasteiger partial charge in [-0.15, -0.1) is 0 Å². The summed E-state index contributed by atoms with van der Waals surface area (Å²) in [6.07, 6.45) is 4.08. The topological polar surface area (TPSA) is 193 Å². The highest BCUT2D eigenvalue weighted by atomic mass is 16.5. The van der Waals surface area contributed by atoms with Crippen LogP contribution in [-0.2, 0) is 28.5 Å². The Bertz CT molecular complexity index is 1970. The van der Waals surface area contributed by atoms with Crippen molar-refractivity contribution < 1.29 is 38.1 Å². The number of ether oxygens (including phenoxy) is 4. The van der Waals surface area contributed by atoms with E-state index in [0.717, 1.165) is 59.3 Å². The van der Waals surface area contributed by atoms with Crippen molar-refractivity contribution in [2.45, 2.75) is 75.9 Å². The predicted octanol–water partition coefficient (Wildman–Crippen LogP) is 4.71. The average Bonchev–Trinajstić information content (AvgIpc) is 4.10. The Morgan fingerprint density at radius 3 is 1.38 bits per heavy atom. The summed E-state index contributed by atoms with van der Waals surface area (Å²) in [6.45, 7) is 4.52. The molecule has 0 spiro atoms. The van der Waals surface area contributed by atoms with Crippen molar-refractivity contribution in [3.63, 3.8) is 0 Å². The van der Waals surface area contributed by atoms with Gasteiger partial charge in [-0.05, 0) is 74.9 Å². The van der Waals surface area contributed by atoms with E-state index in [4.69, 9.17) is 18.9 Å². The molecule has 0 aliphatic carbocycles. The van der Waals surface area contributed by atoms with E-state index >= 15 is 0 Å². The second-order valence-corrected chi connectivity index (χ2v) is 14.3. The number of carbonyl (C=O) groups excluding carboxylic acids is 4. The van der Waals surface area contributed by atoms with Gasteiger partial charge in [0, 0.05) is 38.4 Å². The third-order valence-electron chi connectivity index (χ3n) is 10.8. The smallest absolute Gasteiger partial charge is 0.407 e. The summed E-state index contributed by atoms with van der Waals surface area (Å²) >= 11 is 0. The zero-order chi connectivity index (χ0) is 41.3. The molecule has 6 rings (SSSR count). The quantitative estimate of drug-likeness (QED) is 0.146. The number of aromatic amines is 2. The van der Waals surface area contributed by atoms with Crippen LogP contribution in [0, 0.1) is 11.8 Å². The molecule has 2 aromatic carbocycles. The van der Waals surface area contributed by atoms with E-state index in [1.54, 1.807) is 36.0 Å². The number of methoxy groups -OCH3 is 4. The van der Waals surface area contributed by atoms with Crippen molar-refractivity contribution in [3.8, 4) is 34.4 Å². The maximum atomic E-state index is 13.6. The first-order chi connectivity index (χ1) is 28.0. The first-order valence-electron chi connectivity index (χ1n) is 19.2. The number of aromatic nitrogens is 4. The summed E-state index contributed by atoms with van der Waals surface area (Å²) in [5, 5.41) is 5.22. The van der Waals surface area contributed by atoms with E-state index in [-0.39, 0.29) is 23.9 Å². The van der Waals surface area contributed by atoms with Gasteiger partial charge < -0.3 is 49.3 Å². The van der Waals surface area contributed by atoms with Gasteiger partial charge in [0.05, 0.1) is 62.3 Å². The van der Waals surface area contributed by atoms with E-state index < -0.39 is 36.5 Å². The minimum atomic E-state index is -0.901. The number of nitrogens with one attached hydrogen (secondary N) is 4. The lowest BCUT2D eigenvalue weighted by molar-refractivity contribution is -0.138. The Balaban J connectivity index is 1.08. The molecule has 4 N–H and O–H groups in total. The van der Waals surface area contributed by atoms with Gasteiger partial charge in [0.2, 0.25) is 11.8 Å². The maximum absolute atomic E-state index is 13.6. The number of H-pyrrole nitrogens is 2. The molecule has 2 saturated heterocycles. The van der Waals surface area contributed by atoms with E-state index in [1.807, 2.05) is 48.5 Å². The normalized spacial score (nSPS) is 18.4. The summed E-state index contributed by atoms with van der Waals surface area (Å²) in [5.74, 6) is 7.30. The van der Waals surface area contributed by atoms with Gasteiger partial charge in [-0.25, -0.2) is 19.6 Å². The number of alkyl carbamates (subject to hydrolysis) is 2. The van der Waals surface area contributed by atoms with Crippen molar-refractivity contribution >= 4 is 24.0 Å². The summed E-state index contributed by atoms with van der Waals surface area (Å²) in [4.78, 5) is 70.6. The number of carbonyl (C=O) groups is 4. The van der Waals surface area contributed by atoms with Crippen molar-refractivity contribution in [2.24, 2.45) is 0 Å². The van der Waals surface area contributed by atoms with Gasteiger partial charge in [0.1, 0.15) is 23.7 Å². The Labute approximate surface area is 337 Å². The van der Waals surface area contributed by atoms with Gasteiger partial charge in [-0.2, -0.15) is 0 Å². The summed E-state index contributed by atoms with van der Waals surface area (Å²) in [6, 6.07) is 13.3. The summed E-state index contributed by atoms with van der Waals surface area (Å²) in [5.41, 5.74) is 5.16. The highest BCUT2D eigenvalue weighted by molar-refractivity contribution is 5.87. The third-order valence-corrected chi connectivity index (χ3v) is 10.8. The van der Waals surface area contributed by atoms with Crippen LogP contribution in [0.3, 0.4) is 0 Å².